The minimum absolute atomic E-state index is 0.0116. The molecule has 0 spiro atoms. The summed E-state index contributed by atoms with van der Waals surface area (Å²) in [4.78, 5) is 10.7. The lowest BCUT2D eigenvalue weighted by molar-refractivity contribution is -0.118. The van der Waals surface area contributed by atoms with Crippen molar-refractivity contribution in [3.63, 3.8) is 0 Å². The summed E-state index contributed by atoms with van der Waals surface area (Å²) < 4.78 is 0. The number of allylic oxidation sites excluding steroid dienone is 1. The minimum Gasteiger partial charge on any atom is -0.402 e. The molecule has 0 aromatic carbocycles. The van der Waals surface area contributed by atoms with Gasteiger partial charge in [0, 0.05) is 18.0 Å². The third-order valence-electron chi connectivity index (χ3n) is 1.83. The van der Waals surface area contributed by atoms with Gasteiger partial charge in [0.05, 0.1) is 0 Å². The zero-order valence-electron chi connectivity index (χ0n) is 8.76. The normalized spacial score (nSPS) is 13.8. The molecule has 1 atom stereocenters. The highest BCUT2D eigenvalue weighted by Crippen LogP contribution is 2.28. The van der Waals surface area contributed by atoms with Crippen molar-refractivity contribution in [1.29, 1.82) is 0 Å². The minimum atomic E-state index is -0.319. The molecule has 13 heavy (non-hydrogen) atoms. The Morgan fingerprint density at radius 3 is 2.08 bits per heavy atom. The molecule has 3 heteroatoms. The van der Waals surface area contributed by atoms with Crippen LogP contribution in [-0.2, 0) is 4.79 Å². The molecule has 0 saturated heterocycles. The van der Waals surface area contributed by atoms with E-state index in [1.165, 1.54) is 0 Å². The lowest BCUT2D eigenvalue weighted by Gasteiger charge is -2.25. The van der Waals surface area contributed by atoms with Crippen molar-refractivity contribution in [2.75, 3.05) is 0 Å². The second-order valence-corrected chi connectivity index (χ2v) is 4.71. The van der Waals surface area contributed by atoms with Crippen LogP contribution in [0.2, 0.25) is 0 Å². The molecule has 0 aliphatic rings. The van der Waals surface area contributed by atoms with Crippen molar-refractivity contribution >= 4 is 5.91 Å². The summed E-state index contributed by atoms with van der Waals surface area (Å²) in [5.74, 6) is -0.307. The lowest BCUT2D eigenvalue weighted by atomic mass is 9.82. The topological polar surface area (TPSA) is 69.1 Å². The second kappa shape index (κ2) is 4.30. The smallest absolute Gasteiger partial charge is 0.218 e. The lowest BCUT2D eigenvalue weighted by Crippen LogP contribution is -2.24. The highest BCUT2D eigenvalue weighted by atomic mass is 16.1. The van der Waals surface area contributed by atoms with Gasteiger partial charge in [0.1, 0.15) is 0 Å². The maximum absolute atomic E-state index is 10.7. The van der Waals surface area contributed by atoms with Gasteiger partial charge in [-0.2, -0.15) is 0 Å². The van der Waals surface area contributed by atoms with E-state index in [1.54, 1.807) is 0 Å². The Balaban J connectivity index is 4.27. The van der Waals surface area contributed by atoms with E-state index < -0.39 is 0 Å². The molecule has 0 radical (unpaired) electrons. The Labute approximate surface area is 80.2 Å². The van der Waals surface area contributed by atoms with Crippen molar-refractivity contribution < 1.29 is 4.79 Å². The van der Waals surface area contributed by atoms with Gasteiger partial charge in [-0.3, -0.25) is 4.79 Å². The van der Waals surface area contributed by atoms with Gasteiger partial charge in [-0.1, -0.05) is 27.4 Å². The monoisotopic (exact) mass is 184 g/mol. The zero-order valence-corrected chi connectivity index (χ0v) is 8.76. The third kappa shape index (κ3) is 6.20. The zero-order chi connectivity index (χ0) is 10.6. The fourth-order valence-corrected chi connectivity index (χ4v) is 1.32. The molecule has 0 aliphatic carbocycles. The Kier molecular flexibility index (Phi) is 3.98. The predicted molar refractivity (Wildman–Crippen MR) is 54.7 cm³/mol. The molecule has 0 aromatic heterocycles. The van der Waals surface area contributed by atoms with Crippen molar-refractivity contribution in [2.24, 2.45) is 22.8 Å². The van der Waals surface area contributed by atoms with Gasteiger partial charge in [0.25, 0.3) is 0 Å². The molecule has 1 unspecified atom stereocenters. The summed E-state index contributed by atoms with van der Waals surface area (Å²) in [7, 11) is 0. The van der Waals surface area contributed by atoms with Crippen molar-refractivity contribution in [2.45, 2.75) is 33.6 Å². The van der Waals surface area contributed by atoms with E-state index in [2.05, 4.69) is 27.4 Å². The van der Waals surface area contributed by atoms with Crippen LogP contribution in [0.1, 0.15) is 33.6 Å². The number of carbonyl (C=O) groups excluding carboxylic acids is 1. The van der Waals surface area contributed by atoms with Gasteiger partial charge in [-0.15, -0.1) is 0 Å². The summed E-state index contributed by atoms with van der Waals surface area (Å²) in [5.41, 5.74) is 11.4. The maximum Gasteiger partial charge on any atom is 0.218 e. The van der Waals surface area contributed by atoms with E-state index in [-0.39, 0.29) is 17.2 Å². The Morgan fingerprint density at radius 1 is 1.38 bits per heavy atom. The molecule has 0 aliphatic heterocycles. The summed E-state index contributed by atoms with van der Waals surface area (Å²) in [5, 5.41) is 0. The number of primary amides is 1. The second-order valence-electron chi connectivity index (χ2n) is 4.71. The summed E-state index contributed by atoms with van der Waals surface area (Å²) in [6.07, 6.45) is 1.14. The molecule has 0 saturated carbocycles. The van der Waals surface area contributed by atoms with Gasteiger partial charge >= 0.3 is 0 Å². The number of amides is 1. The number of hydrogen-bond acceptors (Lipinski definition) is 2. The molecule has 3 nitrogen and oxygen atoms in total. The number of carbonyl (C=O) groups is 1. The molecule has 76 valence electrons. The molecular formula is C10H20N2O. The van der Waals surface area contributed by atoms with Crippen molar-refractivity contribution in [3.05, 3.63) is 12.3 Å². The predicted octanol–water partition coefficient (Wildman–Crippen LogP) is 1.39. The quantitative estimate of drug-likeness (QED) is 0.693. The molecule has 0 fully saturated rings. The summed E-state index contributed by atoms with van der Waals surface area (Å²) >= 11 is 0. The fraction of sp³-hybridized carbons (Fsp3) is 0.700. The van der Waals surface area contributed by atoms with Crippen LogP contribution < -0.4 is 11.5 Å². The Morgan fingerprint density at radius 2 is 1.85 bits per heavy atom. The fourth-order valence-electron chi connectivity index (χ4n) is 1.32. The van der Waals surface area contributed by atoms with Crippen molar-refractivity contribution in [1.82, 2.24) is 0 Å². The summed E-state index contributed by atoms with van der Waals surface area (Å²) in [6.45, 7) is 9.97. The standard InChI is InChI=1S/C10H20N2O/c1-7(11)8(5-9(12)13)6-10(2,3)4/h8H,1,5-6,11H2,2-4H3,(H2,12,13). The van der Waals surface area contributed by atoms with E-state index in [0.717, 1.165) is 6.42 Å². The van der Waals surface area contributed by atoms with Gasteiger partial charge in [-0.05, 0) is 11.8 Å². The van der Waals surface area contributed by atoms with Crippen LogP contribution in [0.3, 0.4) is 0 Å². The third-order valence-corrected chi connectivity index (χ3v) is 1.83. The van der Waals surface area contributed by atoms with Crippen LogP contribution in [-0.4, -0.2) is 5.91 Å². The van der Waals surface area contributed by atoms with Crippen LogP contribution in [0.5, 0.6) is 0 Å². The number of hydrogen-bond donors (Lipinski definition) is 2. The van der Waals surface area contributed by atoms with Crippen LogP contribution in [0.25, 0.3) is 0 Å². The van der Waals surface area contributed by atoms with Gasteiger partial charge in [0.2, 0.25) is 5.91 Å². The number of rotatable bonds is 4. The average molecular weight is 184 g/mol. The number of nitrogens with two attached hydrogens (primary N) is 2. The van der Waals surface area contributed by atoms with Crippen LogP contribution in [0.15, 0.2) is 12.3 Å². The van der Waals surface area contributed by atoms with Gasteiger partial charge in [-0.25, -0.2) is 0 Å². The highest BCUT2D eigenvalue weighted by Gasteiger charge is 2.21. The highest BCUT2D eigenvalue weighted by molar-refractivity contribution is 5.74. The van der Waals surface area contributed by atoms with Crippen LogP contribution in [0.4, 0.5) is 0 Å². The first-order chi connectivity index (χ1) is 5.72. The molecule has 1 amide bonds. The van der Waals surface area contributed by atoms with Gasteiger partial charge in [0.15, 0.2) is 0 Å². The molecule has 0 rings (SSSR count). The Bertz CT molecular complexity index is 203. The van der Waals surface area contributed by atoms with E-state index in [1.807, 2.05) is 0 Å². The molecule has 4 N–H and O–H groups in total. The molecule has 0 heterocycles. The first-order valence-corrected chi connectivity index (χ1v) is 4.45. The maximum atomic E-state index is 10.7. The average Bonchev–Trinajstić information content (AvgIpc) is 1.81. The van der Waals surface area contributed by atoms with E-state index in [4.69, 9.17) is 11.5 Å². The van der Waals surface area contributed by atoms with E-state index in [0.29, 0.717) is 12.1 Å². The van der Waals surface area contributed by atoms with Crippen molar-refractivity contribution in [3.8, 4) is 0 Å². The van der Waals surface area contributed by atoms with E-state index in [9.17, 15) is 4.79 Å². The van der Waals surface area contributed by atoms with E-state index >= 15 is 0 Å². The Hall–Kier alpha value is -0.990. The van der Waals surface area contributed by atoms with Crippen LogP contribution >= 0.6 is 0 Å². The van der Waals surface area contributed by atoms with Gasteiger partial charge < -0.3 is 11.5 Å². The molecule has 0 aromatic rings. The summed E-state index contributed by atoms with van der Waals surface area (Å²) in [6, 6.07) is 0. The molecule has 0 bridgehead atoms. The molecular weight excluding hydrogens is 164 g/mol. The SMILES string of the molecule is C=C(N)C(CC(N)=O)CC(C)(C)C. The van der Waals surface area contributed by atoms with Crippen LogP contribution in [0, 0.1) is 11.3 Å². The first-order valence-electron chi connectivity index (χ1n) is 4.45. The first kappa shape index (κ1) is 12.0. The largest absolute Gasteiger partial charge is 0.402 e.